The summed E-state index contributed by atoms with van der Waals surface area (Å²) in [5.41, 5.74) is -2.01. The monoisotopic (exact) mass is 273 g/mol. The summed E-state index contributed by atoms with van der Waals surface area (Å²) in [5, 5.41) is 9.77. The molecule has 0 saturated carbocycles. The highest BCUT2D eigenvalue weighted by Gasteiger charge is 2.54. The maximum absolute atomic E-state index is 12.4. The molecule has 0 aromatic carbocycles. The Kier molecular flexibility index (Phi) is 4.52. The Labute approximate surface area is 115 Å². The number of hydrogen-bond acceptors (Lipinski definition) is 4. The van der Waals surface area contributed by atoms with Gasteiger partial charge >= 0.3 is 6.09 Å². The summed E-state index contributed by atoms with van der Waals surface area (Å²) in [5.74, 6) is 0. The predicted molar refractivity (Wildman–Crippen MR) is 72.8 cm³/mol. The summed E-state index contributed by atoms with van der Waals surface area (Å²) in [6.45, 7) is 11.4. The molecule has 1 atom stereocenters. The van der Waals surface area contributed by atoms with Crippen molar-refractivity contribution in [2.75, 3.05) is 13.2 Å². The van der Waals surface area contributed by atoms with Gasteiger partial charge in [0.2, 0.25) is 0 Å². The lowest BCUT2D eigenvalue weighted by atomic mass is 9.93. The second kappa shape index (κ2) is 5.29. The van der Waals surface area contributed by atoms with E-state index < -0.39 is 23.0 Å². The molecule has 0 bridgehead atoms. The molecule has 0 aromatic rings. The highest BCUT2D eigenvalue weighted by molar-refractivity contribution is 5.70. The number of amides is 1. The van der Waals surface area contributed by atoms with Crippen LogP contribution < -0.4 is 0 Å². The minimum Gasteiger partial charge on any atom is -0.444 e. The van der Waals surface area contributed by atoms with Crippen molar-refractivity contribution in [1.29, 1.82) is 0 Å². The van der Waals surface area contributed by atoms with Gasteiger partial charge in [0.15, 0.2) is 0 Å². The third-order valence-electron chi connectivity index (χ3n) is 3.29. The van der Waals surface area contributed by atoms with Crippen LogP contribution in [-0.2, 0) is 9.47 Å². The zero-order valence-corrected chi connectivity index (χ0v) is 12.9. The molecule has 1 N–H and O–H groups in total. The predicted octanol–water partition coefficient (Wildman–Crippen LogP) is 2.52. The fourth-order valence-electron chi connectivity index (χ4n) is 2.58. The molecule has 112 valence electrons. The summed E-state index contributed by atoms with van der Waals surface area (Å²) >= 11 is 0. The van der Waals surface area contributed by atoms with Crippen LogP contribution in [0.1, 0.15) is 54.4 Å². The fourth-order valence-corrected chi connectivity index (χ4v) is 2.58. The molecule has 0 radical (unpaired) electrons. The number of aliphatic hydroxyl groups excluding tert-OH is 1. The lowest BCUT2D eigenvalue weighted by Crippen LogP contribution is -2.58. The van der Waals surface area contributed by atoms with Crippen molar-refractivity contribution in [3.63, 3.8) is 0 Å². The lowest BCUT2D eigenvalue weighted by molar-refractivity contribution is -0.0741. The van der Waals surface area contributed by atoms with Crippen LogP contribution in [0.15, 0.2) is 0 Å². The molecule has 1 amide bonds. The molecule has 5 nitrogen and oxygen atoms in total. The van der Waals surface area contributed by atoms with Crippen molar-refractivity contribution >= 4 is 6.09 Å². The SMILES string of the molecule is CCC[C@]1(CO)COC(C)(C)N1C(=O)OC(C)(C)C. The molecular weight excluding hydrogens is 246 g/mol. The smallest absolute Gasteiger partial charge is 0.413 e. The zero-order chi connectivity index (χ0) is 14.9. The molecule has 0 aromatic heterocycles. The van der Waals surface area contributed by atoms with Crippen molar-refractivity contribution in [3.05, 3.63) is 0 Å². The van der Waals surface area contributed by atoms with Gasteiger partial charge in [-0.15, -0.1) is 0 Å². The summed E-state index contributed by atoms with van der Waals surface area (Å²) in [7, 11) is 0. The Balaban J connectivity index is 3.05. The van der Waals surface area contributed by atoms with E-state index in [1.165, 1.54) is 0 Å². The summed E-state index contributed by atoms with van der Waals surface area (Å²) < 4.78 is 11.2. The average molecular weight is 273 g/mol. The molecule has 1 fully saturated rings. The van der Waals surface area contributed by atoms with Crippen LogP contribution in [0.3, 0.4) is 0 Å². The molecule has 1 aliphatic heterocycles. The van der Waals surface area contributed by atoms with E-state index in [-0.39, 0.29) is 6.61 Å². The standard InChI is InChI=1S/C14H27NO4/c1-7-8-14(9-16)10-18-13(5,6)15(14)11(17)19-12(2,3)4/h16H,7-10H2,1-6H3/t14-/m0/s1. The van der Waals surface area contributed by atoms with E-state index in [4.69, 9.17) is 9.47 Å². The average Bonchev–Trinajstić information content (AvgIpc) is 2.49. The van der Waals surface area contributed by atoms with E-state index in [2.05, 4.69) is 0 Å². The van der Waals surface area contributed by atoms with Crippen molar-refractivity contribution in [1.82, 2.24) is 4.90 Å². The van der Waals surface area contributed by atoms with Crippen LogP contribution in [0.4, 0.5) is 4.79 Å². The molecule has 1 aliphatic rings. The second-order valence-corrected chi connectivity index (χ2v) is 6.68. The maximum Gasteiger partial charge on any atom is 0.413 e. The van der Waals surface area contributed by atoms with Gasteiger partial charge in [0.25, 0.3) is 0 Å². The van der Waals surface area contributed by atoms with Gasteiger partial charge in [0.05, 0.1) is 18.8 Å². The van der Waals surface area contributed by atoms with E-state index in [0.717, 1.165) is 6.42 Å². The third kappa shape index (κ3) is 3.39. The Morgan fingerprint density at radius 2 is 2.00 bits per heavy atom. The van der Waals surface area contributed by atoms with E-state index in [9.17, 15) is 9.90 Å². The van der Waals surface area contributed by atoms with Crippen LogP contribution in [-0.4, -0.2) is 46.2 Å². The first-order valence-electron chi connectivity index (χ1n) is 6.86. The van der Waals surface area contributed by atoms with Crippen molar-refractivity contribution in [2.45, 2.75) is 71.2 Å². The summed E-state index contributed by atoms with van der Waals surface area (Å²) in [4.78, 5) is 14.0. The number of aliphatic hydroxyl groups is 1. The minimum atomic E-state index is -0.764. The molecule has 0 spiro atoms. The molecule has 19 heavy (non-hydrogen) atoms. The van der Waals surface area contributed by atoms with Gasteiger partial charge in [0.1, 0.15) is 11.3 Å². The molecule has 1 heterocycles. The number of ether oxygens (including phenoxy) is 2. The molecule has 1 rings (SSSR count). The van der Waals surface area contributed by atoms with Crippen molar-refractivity contribution < 1.29 is 19.4 Å². The van der Waals surface area contributed by atoms with Crippen LogP contribution in [0.2, 0.25) is 0 Å². The number of carbonyl (C=O) groups excluding carboxylic acids is 1. The first kappa shape index (κ1) is 16.2. The molecular formula is C14H27NO4. The number of hydrogen-bond donors (Lipinski definition) is 1. The Morgan fingerprint density at radius 1 is 1.42 bits per heavy atom. The Bertz CT molecular complexity index is 335. The van der Waals surface area contributed by atoms with Gasteiger partial charge in [-0.3, -0.25) is 4.90 Å². The van der Waals surface area contributed by atoms with Gasteiger partial charge in [-0.2, -0.15) is 0 Å². The highest BCUT2D eigenvalue weighted by Crippen LogP contribution is 2.38. The van der Waals surface area contributed by atoms with E-state index in [1.807, 2.05) is 41.5 Å². The first-order valence-corrected chi connectivity index (χ1v) is 6.86. The number of nitrogens with zero attached hydrogens (tertiary/aromatic N) is 1. The van der Waals surface area contributed by atoms with Gasteiger partial charge in [-0.25, -0.2) is 4.79 Å². The zero-order valence-electron chi connectivity index (χ0n) is 12.9. The molecule has 0 unspecified atom stereocenters. The van der Waals surface area contributed by atoms with Crippen molar-refractivity contribution in [2.24, 2.45) is 0 Å². The first-order chi connectivity index (χ1) is 8.58. The third-order valence-corrected chi connectivity index (χ3v) is 3.29. The Morgan fingerprint density at radius 3 is 2.42 bits per heavy atom. The van der Waals surface area contributed by atoms with Gasteiger partial charge in [0, 0.05) is 0 Å². The topological polar surface area (TPSA) is 59.0 Å². The summed E-state index contributed by atoms with van der Waals surface area (Å²) in [6.07, 6.45) is 1.11. The van der Waals surface area contributed by atoms with Crippen LogP contribution in [0.25, 0.3) is 0 Å². The van der Waals surface area contributed by atoms with Crippen LogP contribution >= 0.6 is 0 Å². The highest BCUT2D eigenvalue weighted by atomic mass is 16.6. The minimum absolute atomic E-state index is 0.122. The quantitative estimate of drug-likeness (QED) is 0.858. The van der Waals surface area contributed by atoms with E-state index >= 15 is 0 Å². The Hall–Kier alpha value is -0.810. The number of rotatable bonds is 3. The van der Waals surface area contributed by atoms with E-state index in [1.54, 1.807) is 4.90 Å². The van der Waals surface area contributed by atoms with Gasteiger partial charge in [-0.05, 0) is 41.0 Å². The lowest BCUT2D eigenvalue weighted by Gasteiger charge is -2.41. The second-order valence-electron chi connectivity index (χ2n) is 6.68. The van der Waals surface area contributed by atoms with Crippen molar-refractivity contribution in [3.8, 4) is 0 Å². The van der Waals surface area contributed by atoms with Crippen LogP contribution in [0, 0.1) is 0 Å². The molecule has 5 heteroatoms. The van der Waals surface area contributed by atoms with Gasteiger partial charge < -0.3 is 14.6 Å². The fraction of sp³-hybridized carbons (Fsp3) is 0.929. The van der Waals surface area contributed by atoms with Crippen LogP contribution in [0.5, 0.6) is 0 Å². The normalized spacial score (nSPS) is 26.6. The maximum atomic E-state index is 12.4. The number of carbonyl (C=O) groups is 1. The summed E-state index contributed by atoms with van der Waals surface area (Å²) in [6, 6.07) is 0. The van der Waals surface area contributed by atoms with Gasteiger partial charge in [-0.1, -0.05) is 13.3 Å². The largest absolute Gasteiger partial charge is 0.444 e. The van der Waals surface area contributed by atoms with E-state index in [0.29, 0.717) is 13.0 Å². The molecule has 1 saturated heterocycles. The molecule has 0 aliphatic carbocycles.